The van der Waals surface area contributed by atoms with E-state index < -0.39 is 22.5 Å². The highest BCUT2D eigenvalue weighted by atomic mass is 35.5. The first-order valence-electron chi connectivity index (χ1n) is 9.29. The van der Waals surface area contributed by atoms with Gasteiger partial charge in [-0.25, -0.2) is 0 Å². The number of aromatic nitrogens is 1. The highest BCUT2D eigenvalue weighted by Gasteiger charge is 2.21. The largest absolute Gasteiger partial charge is 0.465 e. The van der Waals surface area contributed by atoms with Crippen LogP contribution in [-0.4, -0.2) is 33.9 Å². The average molecular weight is 477 g/mol. The minimum Gasteiger partial charge on any atom is -0.465 e. The molecule has 0 unspecified atom stereocenters. The highest BCUT2D eigenvalue weighted by Crippen LogP contribution is 2.25. The molecular formula is C20H17ClN4O6S. The predicted octanol–water partition coefficient (Wildman–Crippen LogP) is 3.53. The molecular weight excluding hydrogens is 460 g/mol. The lowest BCUT2D eigenvalue weighted by molar-refractivity contribution is -0.385. The second kappa shape index (κ2) is 9.71. The summed E-state index contributed by atoms with van der Waals surface area (Å²) in [7, 11) is 0. The number of nitro benzene ring substituents is 1. The van der Waals surface area contributed by atoms with Crippen molar-refractivity contribution in [2.75, 3.05) is 11.9 Å². The Morgan fingerprint density at radius 1 is 1.25 bits per heavy atom. The number of hydrogen-bond acceptors (Lipinski definition) is 7. The lowest BCUT2D eigenvalue weighted by atomic mass is 10.2. The third-order valence-corrected chi connectivity index (χ3v) is 5.45. The van der Waals surface area contributed by atoms with Crippen molar-refractivity contribution >= 4 is 62.3 Å². The molecule has 1 N–H and O–H groups in total. The van der Waals surface area contributed by atoms with Crippen LogP contribution in [-0.2, 0) is 20.9 Å². The fraction of sp³-hybridized carbons (Fsp3) is 0.200. The van der Waals surface area contributed by atoms with Crippen LogP contribution in [0.5, 0.6) is 0 Å². The molecule has 0 bridgehead atoms. The minimum atomic E-state index is -0.884. The fourth-order valence-corrected chi connectivity index (χ4v) is 4.15. The van der Waals surface area contributed by atoms with Gasteiger partial charge in [0.15, 0.2) is 4.80 Å². The van der Waals surface area contributed by atoms with E-state index in [1.54, 1.807) is 25.1 Å². The number of anilines is 1. The number of fused-ring (bicyclic) bond motifs is 1. The zero-order valence-electron chi connectivity index (χ0n) is 17.0. The molecule has 0 fully saturated rings. The topological polar surface area (TPSA) is 133 Å². The maximum atomic E-state index is 12.8. The van der Waals surface area contributed by atoms with Crippen LogP contribution in [0.1, 0.15) is 24.2 Å². The van der Waals surface area contributed by atoms with Crippen molar-refractivity contribution in [3.8, 4) is 0 Å². The number of hydrogen-bond donors (Lipinski definition) is 1. The van der Waals surface area contributed by atoms with Crippen LogP contribution in [0.3, 0.4) is 0 Å². The van der Waals surface area contributed by atoms with E-state index in [4.69, 9.17) is 16.3 Å². The van der Waals surface area contributed by atoms with Crippen LogP contribution >= 0.6 is 22.9 Å². The molecule has 2 amide bonds. The maximum Gasteiger partial charge on any atom is 0.326 e. The van der Waals surface area contributed by atoms with Crippen LogP contribution in [0, 0.1) is 10.1 Å². The molecule has 0 saturated heterocycles. The van der Waals surface area contributed by atoms with Crippen molar-refractivity contribution < 1.29 is 24.0 Å². The van der Waals surface area contributed by atoms with Crippen molar-refractivity contribution in [2.45, 2.75) is 20.4 Å². The van der Waals surface area contributed by atoms with Gasteiger partial charge in [0, 0.05) is 23.7 Å². The molecule has 0 saturated carbocycles. The molecule has 3 rings (SSSR count). The molecule has 166 valence electrons. The Balaban J connectivity index is 2.17. The van der Waals surface area contributed by atoms with E-state index in [0.717, 1.165) is 17.4 Å². The van der Waals surface area contributed by atoms with E-state index in [2.05, 4.69) is 10.3 Å². The van der Waals surface area contributed by atoms with Crippen molar-refractivity contribution in [3.63, 3.8) is 0 Å². The lowest BCUT2D eigenvalue weighted by Crippen LogP contribution is -2.23. The van der Waals surface area contributed by atoms with Gasteiger partial charge in [0.25, 0.3) is 11.6 Å². The van der Waals surface area contributed by atoms with E-state index in [9.17, 15) is 24.5 Å². The number of carbonyl (C=O) groups is 3. The quantitative estimate of drug-likeness (QED) is 0.328. The predicted molar refractivity (Wildman–Crippen MR) is 119 cm³/mol. The average Bonchev–Trinajstić information content (AvgIpc) is 3.03. The number of ether oxygens (including phenoxy) is 1. The third kappa shape index (κ3) is 5.18. The summed E-state index contributed by atoms with van der Waals surface area (Å²) in [6, 6.07) is 8.59. The Hall–Kier alpha value is -3.57. The van der Waals surface area contributed by atoms with Gasteiger partial charge in [-0.1, -0.05) is 22.9 Å². The summed E-state index contributed by atoms with van der Waals surface area (Å²) >= 11 is 6.99. The summed E-state index contributed by atoms with van der Waals surface area (Å²) in [6.45, 7) is 2.99. The first-order valence-corrected chi connectivity index (χ1v) is 10.5. The zero-order chi connectivity index (χ0) is 23.4. The Morgan fingerprint density at radius 3 is 2.66 bits per heavy atom. The molecule has 0 radical (unpaired) electrons. The first kappa shape index (κ1) is 23.1. The summed E-state index contributed by atoms with van der Waals surface area (Å²) < 4.78 is 7.11. The molecule has 0 spiro atoms. The fourth-order valence-electron chi connectivity index (χ4n) is 2.91. The molecule has 0 aliphatic carbocycles. The molecule has 32 heavy (non-hydrogen) atoms. The van der Waals surface area contributed by atoms with Crippen LogP contribution < -0.4 is 10.1 Å². The second-order valence-corrected chi connectivity index (χ2v) is 7.92. The summed E-state index contributed by atoms with van der Waals surface area (Å²) in [6.07, 6.45) is 0. The number of rotatable bonds is 6. The van der Waals surface area contributed by atoms with E-state index >= 15 is 0 Å². The highest BCUT2D eigenvalue weighted by molar-refractivity contribution is 7.16. The van der Waals surface area contributed by atoms with E-state index in [1.165, 1.54) is 23.6 Å². The van der Waals surface area contributed by atoms with Crippen molar-refractivity contribution in [3.05, 3.63) is 61.9 Å². The van der Waals surface area contributed by atoms with Gasteiger partial charge < -0.3 is 14.6 Å². The lowest BCUT2D eigenvalue weighted by Gasteiger charge is -2.06. The normalized spacial score (nSPS) is 11.4. The van der Waals surface area contributed by atoms with Crippen LogP contribution in [0.15, 0.2) is 41.4 Å². The van der Waals surface area contributed by atoms with E-state index in [-0.39, 0.29) is 34.4 Å². The molecule has 0 aliphatic heterocycles. The molecule has 2 aromatic carbocycles. The number of esters is 1. The van der Waals surface area contributed by atoms with Gasteiger partial charge in [0.05, 0.1) is 21.7 Å². The molecule has 1 aromatic heterocycles. The van der Waals surface area contributed by atoms with Gasteiger partial charge in [-0.2, -0.15) is 4.99 Å². The molecule has 0 atom stereocenters. The third-order valence-electron chi connectivity index (χ3n) is 4.18. The molecule has 3 aromatic rings. The SMILES string of the molecule is CCOC(=O)Cn1c(=NC(=O)c2cc(Cl)ccc2[N+](=O)[O-])sc2cc(NC(C)=O)ccc21. The number of halogens is 1. The summed E-state index contributed by atoms with van der Waals surface area (Å²) in [5.41, 5.74) is 0.387. The Bertz CT molecular complexity index is 1310. The van der Waals surface area contributed by atoms with Gasteiger partial charge in [-0.3, -0.25) is 24.5 Å². The number of nitrogens with zero attached hydrogens (tertiary/aromatic N) is 3. The number of nitrogens with one attached hydrogen (secondary N) is 1. The first-order chi connectivity index (χ1) is 15.2. The smallest absolute Gasteiger partial charge is 0.326 e. The number of nitro groups is 1. The number of thiazole rings is 1. The molecule has 1 heterocycles. The second-order valence-electron chi connectivity index (χ2n) is 6.48. The maximum absolute atomic E-state index is 12.8. The van der Waals surface area contributed by atoms with Gasteiger partial charge in [-0.05, 0) is 37.3 Å². The van der Waals surface area contributed by atoms with E-state index in [1.807, 2.05) is 0 Å². The summed E-state index contributed by atoms with van der Waals surface area (Å²) in [5.74, 6) is -1.68. The van der Waals surface area contributed by atoms with Crippen LogP contribution in [0.2, 0.25) is 5.02 Å². The van der Waals surface area contributed by atoms with Gasteiger partial charge in [-0.15, -0.1) is 0 Å². The van der Waals surface area contributed by atoms with Gasteiger partial charge in [0.1, 0.15) is 12.1 Å². The van der Waals surface area contributed by atoms with Crippen LogP contribution in [0.4, 0.5) is 11.4 Å². The minimum absolute atomic E-state index is 0.132. The zero-order valence-corrected chi connectivity index (χ0v) is 18.5. The molecule has 10 nitrogen and oxygen atoms in total. The number of benzene rings is 2. The van der Waals surface area contributed by atoms with E-state index in [0.29, 0.717) is 15.9 Å². The standard InChI is InChI=1S/C20H17ClN4O6S/c1-3-31-18(27)10-24-16-7-5-13(22-11(2)26)9-17(16)32-20(24)23-19(28)14-8-12(21)4-6-15(14)25(29)30/h4-9H,3,10H2,1-2H3,(H,22,26). The number of carbonyl (C=O) groups excluding carboxylic acids is 3. The molecule has 12 heteroatoms. The Labute approximate surface area is 190 Å². The Kier molecular flexibility index (Phi) is 7.01. The van der Waals surface area contributed by atoms with Crippen LogP contribution in [0.25, 0.3) is 10.2 Å². The van der Waals surface area contributed by atoms with Crippen molar-refractivity contribution in [2.24, 2.45) is 4.99 Å². The Morgan fingerprint density at radius 2 is 2.00 bits per heavy atom. The van der Waals surface area contributed by atoms with Gasteiger partial charge in [0.2, 0.25) is 5.91 Å². The number of amides is 2. The van der Waals surface area contributed by atoms with Gasteiger partial charge >= 0.3 is 5.97 Å². The summed E-state index contributed by atoms with van der Waals surface area (Å²) in [4.78, 5) is 51.1. The monoisotopic (exact) mass is 476 g/mol. The molecule has 0 aliphatic rings. The summed E-state index contributed by atoms with van der Waals surface area (Å²) in [5, 5.41) is 14.1. The van der Waals surface area contributed by atoms with Crippen molar-refractivity contribution in [1.82, 2.24) is 4.57 Å². The van der Waals surface area contributed by atoms with Crippen molar-refractivity contribution in [1.29, 1.82) is 0 Å².